The Morgan fingerprint density at radius 3 is 2.29 bits per heavy atom. The Morgan fingerprint density at radius 1 is 1.43 bits per heavy atom. The van der Waals surface area contributed by atoms with Gasteiger partial charge in [-0.1, -0.05) is 0 Å². The molecule has 0 amide bonds. The van der Waals surface area contributed by atoms with Crippen molar-refractivity contribution >= 4 is 33.6 Å². The van der Waals surface area contributed by atoms with Crippen LogP contribution in [0.1, 0.15) is 12.8 Å². The fourth-order valence-electron chi connectivity index (χ4n) is 1.62. The lowest BCUT2D eigenvalue weighted by molar-refractivity contribution is 0.181. The van der Waals surface area contributed by atoms with Crippen LogP contribution in [0.4, 0.5) is 0 Å². The van der Waals surface area contributed by atoms with E-state index in [0.717, 1.165) is 19.1 Å². The van der Waals surface area contributed by atoms with Gasteiger partial charge in [-0.05, 0) is 25.4 Å². The van der Waals surface area contributed by atoms with Gasteiger partial charge < -0.3 is 0 Å². The van der Waals surface area contributed by atoms with Crippen LogP contribution in [0.3, 0.4) is 0 Å². The molecule has 1 atom stereocenters. The van der Waals surface area contributed by atoms with Crippen LogP contribution in [0, 0.1) is 5.92 Å². The van der Waals surface area contributed by atoms with Gasteiger partial charge >= 0.3 is 0 Å². The highest BCUT2D eigenvalue weighted by molar-refractivity contribution is 8.17. The van der Waals surface area contributed by atoms with Crippen molar-refractivity contribution < 1.29 is 12.6 Å². The lowest BCUT2D eigenvalue weighted by Gasteiger charge is -2.46. The summed E-state index contributed by atoms with van der Waals surface area (Å²) in [5.41, 5.74) is 0. The van der Waals surface area contributed by atoms with Crippen LogP contribution in [0.15, 0.2) is 0 Å². The molecule has 84 valence electrons. The van der Waals surface area contributed by atoms with Gasteiger partial charge in [0.15, 0.2) is 0 Å². The summed E-state index contributed by atoms with van der Waals surface area (Å²) in [5, 5.41) is 0. The fourth-order valence-corrected chi connectivity index (χ4v) is 4.38. The molecule has 0 aromatic heterocycles. The van der Waals surface area contributed by atoms with Gasteiger partial charge in [-0.3, -0.25) is 4.18 Å². The molecule has 0 saturated heterocycles. The Hall–Kier alpha value is 0.610. The van der Waals surface area contributed by atoms with Crippen LogP contribution in [0.5, 0.6) is 0 Å². The molecule has 1 unspecified atom stereocenters. The van der Waals surface area contributed by atoms with Crippen molar-refractivity contribution in [1.82, 2.24) is 0 Å². The standard InChI is InChI=1S/C8H16O3S3/c1-12-8(13-2)5-4-7(8)6-11-14(3,9)10/h7H,4-6H2,1-3H3. The fraction of sp³-hybridized carbons (Fsp3) is 1.00. The third-order valence-corrected chi connectivity index (χ3v) is 6.66. The van der Waals surface area contributed by atoms with E-state index in [9.17, 15) is 8.42 Å². The van der Waals surface area contributed by atoms with E-state index in [0.29, 0.717) is 12.5 Å². The summed E-state index contributed by atoms with van der Waals surface area (Å²) >= 11 is 3.61. The molecule has 0 bridgehead atoms. The normalized spacial score (nSPS) is 25.8. The number of hydrogen-bond donors (Lipinski definition) is 0. The summed E-state index contributed by atoms with van der Waals surface area (Å²) in [6.07, 6.45) is 7.46. The van der Waals surface area contributed by atoms with E-state index < -0.39 is 10.1 Å². The minimum absolute atomic E-state index is 0.185. The molecule has 1 rings (SSSR count). The number of thioether (sulfide) groups is 2. The monoisotopic (exact) mass is 256 g/mol. The minimum Gasteiger partial charge on any atom is -0.270 e. The first-order valence-electron chi connectivity index (χ1n) is 4.38. The van der Waals surface area contributed by atoms with E-state index in [2.05, 4.69) is 12.5 Å². The predicted molar refractivity (Wildman–Crippen MR) is 63.3 cm³/mol. The van der Waals surface area contributed by atoms with Crippen LogP contribution >= 0.6 is 23.5 Å². The maximum atomic E-state index is 10.8. The molecule has 0 aromatic rings. The Bertz CT molecular complexity index is 277. The van der Waals surface area contributed by atoms with Gasteiger partial charge in [-0.25, -0.2) is 0 Å². The highest BCUT2D eigenvalue weighted by Gasteiger charge is 2.46. The highest BCUT2D eigenvalue weighted by Crippen LogP contribution is 2.54. The smallest absolute Gasteiger partial charge is 0.264 e. The first-order chi connectivity index (χ1) is 6.43. The first kappa shape index (κ1) is 12.7. The van der Waals surface area contributed by atoms with Crippen LogP contribution < -0.4 is 0 Å². The molecule has 1 aliphatic rings. The SMILES string of the molecule is CSC1(SC)CCC1COS(C)(=O)=O. The Balaban J connectivity index is 2.47. The molecule has 1 aliphatic carbocycles. The third kappa shape index (κ3) is 2.81. The molecule has 3 nitrogen and oxygen atoms in total. The second-order valence-corrected chi connectivity index (χ2v) is 7.62. The average Bonchev–Trinajstić information content (AvgIpc) is 2.03. The van der Waals surface area contributed by atoms with Gasteiger partial charge in [0.05, 0.1) is 16.9 Å². The van der Waals surface area contributed by atoms with Crippen LogP contribution in [-0.2, 0) is 14.3 Å². The quantitative estimate of drug-likeness (QED) is 0.554. The van der Waals surface area contributed by atoms with E-state index in [1.165, 1.54) is 0 Å². The van der Waals surface area contributed by atoms with Crippen LogP contribution in [-0.4, -0.2) is 37.9 Å². The summed E-state index contributed by atoms with van der Waals surface area (Å²) in [4.78, 5) is 0. The van der Waals surface area contributed by atoms with Gasteiger partial charge in [-0.15, -0.1) is 23.5 Å². The average molecular weight is 256 g/mol. The maximum absolute atomic E-state index is 10.8. The molecule has 6 heteroatoms. The zero-order chi connectivity index (χ0) is 10.8. The van der Waals surface area contributed by atoms with Crippen molar-refractivity contribution in [2.75, 3.05) is 25.4 Å². The van der Waals surface area contributed by atoms with Gasteiger partial charge in [0.25, 0.3) is 10.1 Å². The summed E-state index contributed by atoms with van der Waals surface area (Å²) in [5.74, 6) is 0.363. The topological polar surface area (TPSA) is 43.4 Å². The molecule has 0 spiro atoms. The molecule has 14 heavy (non-hydrogen) atoms. The van der Waals surface area contributed by atoms with E-state index in [1.54, 1.807) is 23.5 Å². The number of rotatable bonds is 5. The minimum atomic E-state index is -3.28. The molecule has 0 heterocycles. The molecule has 0 radical (unpaired) electrons. The molecule has 0 aromatic carbocycles. The Morgan fingerprint density at radius 2 is 2.00 bits per heavy atom. The largest absolute Gasteiger partial charge is 0.270 e. The van der Waals surface area contributed by atoms with Crippen molar-refractivity contribution in [3.8, 4) is 0 Å². The van der Waals surface area contributed by atoms with Crippen LogP contribution in [0.2, 0.25) is 0 Å². The second kappa shape index (κ2) is 4.63. The molecular weight excluding hydrogens is 240 g/mol. The van der Waals surface area contributed by atoms with Gasteiger partial charge in [-0.2, -0.15) is 8.42 Å². The third-order valence-electron chi connectivity index (χ3n) is 2.64. The first-order valence-corrected chi connectivity index (χ1v) is 8.65. The Kier molecular flexibility index (Phi) is 4.20. The van der Waals surface area contributed by atoms with Crippen molar-refractivity contribution in [3.63, 3.8) is 0 Å². The molecule has 1 fully saturated rings. The lowest BCUT2D eigenvalue weighted by atomic mass is 9.84. The van der Waals surface area contributed by atoms with E-state index in [4.69, 9.17) is 4.18 Å². The van der Waals surface area contributed by atoms with E-state index in [1.807, 2.05) is 0 Å². The maximum Gasteiger partial charge on any atom is 0.264 e. The summed E-state index contributed by atoms with van der Waals surface area (Å²) in [6, 6.07) is 0. The van der Waals surface area contributed by atoms with E-state index >= 15 is 0 Å². The zero-order valence-electron chi connectivity index (χ0n) is 8.65. The molecular formula is C8H16O3S3. The second-order valence-electron chi connectivity index (χ2n) is 3.44. The molecule has 0 aliphatic heterocycles. The van der Waals surface area contributed by atoms with Gasteiger partial charge in [0.2, 0.25) is 0 Å². The lowest BCUT2D eigenvalue weighted by Crippen LogP contribution is -2.43. The van der Waals surface area contributed by atoms with Crippen molar-refractivity contribution in [2.45, 2.75) is 16.9 Å². The summed E-state index contributed by atoms with van der Waals surface area (Å²) in [6.45, 7) is 0.334. The van der Waals surface area contributed by atoms with Gasteiger partial charge in [0, 0.05) is 5.92 Å². The van der Waals surface area contributed by atoms with E-state index in [-0.39, 0.29) is 4.08 Å². The summed E-state index contributed by atoms with van der Waals surface area (Å²) < 4.78 is 26.7. The predicted octanol–water partition coefficient (Wildman–Crippen LogP) is 1.79. The van der Waals surface area contributed by atoms with Gasteiger partial charge in [0.1, 0.15) is 0 Å². The van der Waals surface area contributed by atoms with Crippen molar-refractivity contribution in [2.24, 2.45) is 5.92 Å². The zero-order valence-corrected chi connectivity index (χ0v) is 11.1. The number of hydrogen-bond acceptors (Lipinski definition) is 5. The van der Waals surface area contributed by atoms with Crippen molar-refractivity contribution in [1.29, 1.82) is 0 Å². The summed E-state index contributed by atoms with van der Waals surface area (Å²) in [7, 11) is -3.28. The Labute approximate surface area is 94.5 Å². The highest BCUT2D eigenvalue weighted by atomic mass is 32.2. The molecule has 1 saturated carbocycles. The van der Waals surface area contributed by atoms with Crippen molar-refractivity contribution in [3.05, 3.63) is 0 Å². The van der Waals surface area contributed by atoms with Crippen LogP contribution in [0.25, 0.3) is 0 Å². The molecule has 0 N–H and O–H groups in total.